The highest BCUT2D eigenvalue weighted by Gasteiger charge is 2.69. The van der Waals surface area contributed by atoms with Crippen LogP contribution in [0.15, 0.2) is 54.6 Å². The Balaban J connectivity index is 1.74. The van der Waals surface area contributed by atoms with Gasteiger partial charge < -0.3 is 14.9 Å². The highest BCUT2D eigenvalue weighted by Crippen LogP contribution is 2.50. The molecule has 2 aliphatic heterocycles. The van der Waals surface area contributed by atoms with Crippen LogP contribution in [0.2, 0.25) is 0 Å². The average molecular weight is 466 g/mol. The van der Waals surface area contributed by atoms with Crippen molar-refractivity contribution in [2.75, 3.05) is 6.61 Å². The van der Waals surface area contributed by atoms with Crippen LogP contribution < -0.4 is 10.1 Å². The summed E-state index contributed by atoms with van der Waals surface area (Å²) in [5.74, 6) is -5.82. The van der Waals surface area contributed by atoms with E-state index in [-0.39, 0.29) is 6.54 Å². The largest absolute Gasteiger partial charge is 0.494 e. The molecule has 2 aromatic carbocycles. The van der Waals surface area contributed by atoms with Crippen LogP contribution in [0.1, 0.15) is 36.9 Å². The van der Waals surface area contributed by atoms with Crippen LogP contribution in [-0.4, -0.2) is 51.0 Å². The van der Waals surface area contributed by atoms with Gasteiger partial charge in [-0.15, -0.1) is 0 Å². The molecule has 34 heavy (non-hydrogen) atoms. The predicted molar refractivity (Wildman–Crippen MR) is 120 cm³/mol. The van der Waals surface area contributed by atoms with Crippen molar-refractivity contribution in [1.29, 1.82) is 0 Å². The first kappa shape index (κ1) is 23.4. The number of aliphatic carboxylic acids is 2. The quantitative estimate of drug-likeness (QED) is 0.479. The Morgan fingerprint density at radius 3 is 2.29 bits per heavy atom. The van der Waals surface area contributed by atoms with Crippen LogP contribution >= 0.6 is 0 Å². The van der Waals surface area contributed by atoms with Gasteiger partial charge in [-0.1, -0.05) is 49.4 Å². The second kappa shape index (κ2) is 9.26. The Hall–Kier alpha value is -3.72. The summed E-state index contributed by atoms with van der Waals surface area (Å²) in [6.45, 7) is 2.51. The van der Waals surface area contributed by atoms with E-state index in [1.54, 1.807) is 48.5 Å². The maximum atomic E-state index is 13.5. The van der Waals surface area contributed by atoms with E-state index in [2.05, 4.69) is 5.32 Å². The third-order valence-corrected chi connectivity index (χ3v) is 6.45. The number of benzene rings is 2. The molecule has 0 spiro atoms. The highest BCUT2D eigenvalue weighted by molar-refractivity contribution is 6.10. The van der Waals surface area contributed by atoms with Crippen molar-refractivity contribution in [1.82, 2.24) is 10.2 Å². The number of rotatable bonds is 9. The maximum Gasteiger partial charge on any atom is 0.325 e. The van der Waals surface area contributed by atoms with Gasteiger partial charge in [0.05, 0.1) is 31.4 Å². The zero-order valence-corrected chi connectivity index (χ0v) is 18.6. The Morgan fingerprint density at radius 1 is 1.03 bits per heavy atom. The Labute approximate surface area is 196 Å². The lowest BCUT2D eigenvalue weighted by atomic mass is 9.77. The fraction of sp³-hybridized carbons (Fsp3) is 0.360. The van der Waals surface area contributed by atoms with Crippen molar-refractivity contribution in [3.05, 3.63) is 65.7 Å². The number of carbonyl (C=O) groups excluding carboxylic acids is 2. The van der Waals surface area contributed by atoms with Crippen molar-refractivity contribution in [3.8, 4) is 5.75 Å². The topological polar surface area (TPSA) is 133 Å². The number of likely N-dealkylation sites (tertiary alicyclic amines) is 1. The number of fused-ring (bicyclic) bond motifs is 1. The predicted octanol–water partition coefficient (Wildman–Crippen LogP) is 2.22. The number of carboxylic acids is 2. The number of hydrogen-bond donors (Lipinski definition) is 3. The smallest absolute Gasteiger partial charge is 0.325 e. The third-order valence-electron chi connectivity index (χ3n) is 6.45. The monoisotopic (exact) mass is 466 g/mol. The summed E-state index contributed by atoms with van der Waals surface area (Å²) in [7, 11) is 0. The Bertz CT molecular complexity index is 1100. The molecule has 3 N–H and O–H groups in total. The summed E-state index contributed by atoms with van der Waals surface area (Å²) in [5, 5.41) is 22.5. The molecule has 2 aliphatic rings. The van der Waals surface area contributed by atoms with Crippen molar-refractivity contribution >= 4 is 23.8 Å². The van der Waals surface area contributed by atoms with E-state index in [0.29, 0.717) is 23.5 Å². The number of carbonyl (C=O) groups is 4. The molecule has 0 saturated carbocycles. The number of amides is 2. The van der Waals surface area contributed by atoms with E-state index in [1.165, 1.54) is 0 Å². The van der Waals surface area contributed by atoms with E-state index in [9.17, 15) is 29.4 Å². The molecule has 4 rings (SSSR count). The second-order valence-corrected chi connectivity index (χ2v) is 8.64. The Kier molecular flexibility index (Phi) is 6.39. The van der Waals surface area contributed by atoms with E-state index in [4.69, 9.17) is 4.74 Å². The molecule has 2 heterocycles. The molecule has 9 nitrogen and oxygen atoms in total. The van der Waals surface area contributed by atoms with Crippen molar-refractivity contribution in [3.63, 3.8) is 0 Å². The molecule has 9 heteroatoms. The third kappa shape index (κ3) is 4.03. The molecule has 4 unspecified atom stereocenters. The summed E-state index contributed by atoms with van der Waals surface area (Å²) < 4.78 is 5.59. The molecule has 2 fully saturated rings. The van der Waals surface area contributed by atoms with Crippen LogP contribution in [-0.2, 0) is 25.7 Å². The van der Waals surface area contributed by atoms with E-state index < -0.39 is 53.6 Å². The zero-order valence-electron chi connectivity index (χ0n) is 18.6. The SMILES string of the molecule is CCCOc1ccc(C2NC(CC(=O)O)(C(=O)O)C3C(=O)N(Cc4ccccc4)C(=O)C23)cc1. The first-order valence-corrected chi connectivity index (χ1v) is 11.1. The molecule has 0 radical (unpaired) electrons. The van der Waals surface area contributed by atoms with Gasteiger partial charge in [-0.05, 0) is 29.7 Å². The standard InChI is InChI=1S/C25H26N2O7/c1-2-12-34-17-10-8-16(9-11-17)21-19-20(25(26-21,24(32)33)13-18(28)29)23(31)27(22(19)30)14-15-6-4-3-5-7-15/h3-11,19-21,26H,2,12-14H2,1H3,(H,28,29)(H,32,33). The lowest BCUT2D eigenvalue weighted by molar-refractivity contribution is -0.156. The number of imide groups is 1. The number of ether oxygens (including phenoxy) is 1. The van der Waals surface area contributed by atoms with Gasteiger partial charge in [0.25, 0.3) is 0 Å². The molecule has 2 saturated heterocycles. The zero-order chi connectivity index (χ0) is 24.5. The summed E-state index contributed by atoms with van der Waals surface area (Å²) in [5.41, 5.74) is -0.822. The summed E-state index contributed by atoms with van der Waals surface area (Å²) in [6.07, 6.45) is -0.00421. The minimum absolute atomic E-state index is 0.00913. The van der Waals surface area contributed by atoms with E-state index in [0.717, 1.165) is 11.3 Å². The number of hydrogen-bond acceptors (Lipinski definition) is 6. The molecule has 0 aromatic heterocycles. The maximum absolute atomic E-state index is 13.5. The van der Waals surface area contributed by atoms with Crippen LogP contribution in [0.5, 0.6) is 5.75 Å². The number of nitrogens with one attached hydrogen (secondary N) is 1. The minimum Gasteiger partial charge on any atom is -0.494 e. The summed E-state index contributed by atoms with van der Waals surface area (Å²) >= 11 is 0. The molecule has 4 atom stereocenters. The van der Waals surface area contributed by atoms with Crippen LogP contribution in [0.3, 0.4) is 0 Å². The van der Waals surface area contributed by atoms with Crippen molar-refractivity contribution < 1.29 is 34.1 Å². The molecule has 2 aromatic rings. The first-order valence-electron chi connectivity index (χ1n) is 11.1. The number of carboxylic acid groups (broad SMARTS) is 2. The lowest BCUT2D eigenvalue weighted by Gasteiger charge is -2.29. The van der Waals surface area contributed by atoms with E-state index in [1.807, 2.05) is 13.0 Å². The van der Waals surface area contributed by atoms with Crippen LogP contribution in [0, 0.1) is 11.8 Å². The van der Waals surface area contributed by atoms with Crippen molar-refractivity contribution in [2.45, 2.75) is 37.9 Å². The van der Waals surface area contributed by atoms with Gasteiger partial charge in [0, 0.05) is 6.04 Å². The first-order chi connectivity index (χ1) is 16.3. The molecule has 2 amide bonds. The van der Waals surface area contributed by atoms with Crippen LogP contribution in [0.25, 0.3) is 0 Å². The highest BCUT2D eigenvalue weighted by atomic mass is 16.5. The minimum atomic E-state index is -2.11. The van der Waals surface area contributed by atoms with E-state index >= 15 is 0 Å². The summed E-state index contributed by atoms with van der Waals surface area (Å²) in [6, 6.07) is 14.9. The molecule has 178 valence electrons. The van der Waals surface area contributed by atoms with Gasteiger partial charge in [0.15, 0.2) is 0 Å². The average Bonchev–Trinajstić information content (AvgIpc) is 3.28. The molecule has 0 bridgehead atoms. The fourth-order valence-electron chi connectivity index (χ4n) is 4.94. The summed E-state index contributed by atoms with van der Waals surface area (Å²) in [4.78, 5) is 52.1. The van der Waals surface area contributed by atoms with Crippen LogP contribution in [0.4, 0.5) is 0 Å². The van der Waals surface area contributed by atoms with Gasteiger partial charge >= 0.3 is 11.9 Å². The van der Waals surface area contributed by atoms with Gasteiger partial charge in [-0.2, -0.15) is 0 Å². The number of nitrogens with zero attached hydrogens (tertiary/aromatic N) is 1. The fourth-order valence-corrected chi connectivity index (χ4v) is 4.94. The van der Waals surface area contributed by atoms with Crippen molar-refractivity contribution in [2.24, 2.45) is 11.8 Å². The van der Waals surface area contributed by atoms with Gasteiger partial charge in [-0.25, -0.2) is 0 Å². The molecule has 0 aliphatic carbocycles. The second-order valence-electron chi connectivity index (χ2n) is 8.64. The van der Waals surface area contributed by atoms with Gasteiger partial charge in [0.2, 0.25) is 11.8 Å². The van der Waals surface area contributed by atoms with Gasteiger partial charge in [0.1, 0.15) is 11.3 Å². The Morgan fingerprint density at radius 2 is 1.71 bits per heavy atom. The molecular weight excluding hydrogens is 440 g/mol. The normalized spacial score (nSPS) is 25.9. The van der Waals surface area contributed by atoms with Gasteiger partial charge in [-0.3, -0.25) is 29.4 Å². The molecular formula is C25H26N2O7. The lowest BCUT2D eigenvalue weighted by Crippen LogP contribution is -2.56.